The Balaban J connectivity index is 1.99. The number of hydrogen-bond donors (Lipinski definition) is 2. The van der Waals surface area contributed by atoms with E-state index in [-0.39, 0.29) is 18.1 Å². The Labute approximate surface area is 99.6 Å². The predicted octanol–water partition coefficient (Wildman–Crippen LogP) is -0.312. The lowest BCUT2D eigenvalue weighted by molar-refractivity contribution is 0.000160. The van der Waals surface area contributed by atoms with Gasteiger partial charge in [0.1, 0.15) is 11.8 Å². The van der Waals surface area contributed by atoms with Gasteiger partial charge in [0.2, 0.25) is 0 Å². The third-order valence-electron chi connectivity index (χ3n) is 3.23. The maximum Gasteiger partial charge on any atom is 0.269 e. The highest BCUT2D eigenvalue weighted by Gasteiger charge is 2.36. The van der Waals surface area contributed by atoms with Crippen LogP contribution < -0.4 is 5.32 Å². The van der Waals surface area contributed by atoms with Crippen LogP contribution in [0.5, 0.6) is 0 Å². The van der Waals surface area contributed by atoms with Crippen LogP contribution in [0.15, 0.2) is 12.3 Å². The first-order chi connectivity index (χ1) is 8.13. The minimum absolute atomic E-state index is 0.188. The van der Waals surface area contributed by atoms with Crippen molar-refractivity contribution in [2.24, 2.45) is 7.05 Å². The molecule has 17 heavy (non-hydrogen) atoms. The lowest BCUT2D eigenvalue weighted by Gasteiger charge is -2.19. The van der Waals surface area contributed by atoms with E-state index in [0.717, 1.165) is 12.8 Å². The standard InChI is InChI=1S/C11H17N3O3/c1-14-8(5-6-12-14)11(16)13-7-3-4-9(17-2)10(7)15/h5-7,9-10,15H,3-4H2,1-2H3,(H,13,16)/t7-,9-,10-/m1/s1. The van der Waals surface area contributed by atoms with Gasteiger partial charge in [-0.15, -0.1) is 0 Å². The van der Waals surface area contributed by atoms with E-state index in [1.807, 2.05) is 0 Å². The molecule has 0 aromatic carbocycles. The number of nitrogens with one attached hydrogen (secondary N) is 1. The molecule has 1 saturated carbocycles. The van der Waals surface area contributed by atoms with Crippen molar-refractivity contribution in [1.29, 1.82) is 0 Å². The third kappa shape index (κ3) is 2.32. The Morgan fingerprint density at radius 3 is 2.94 bits per heavy atom. The van der Waals surface area contributed by atoms with Gasteiger partial charge < -0.3 is 15.2 Å². The molecule has 2 rings (SSSR count). The Bertz CT molecular complexity index is 404. The van der Waals surface area contributed by atoms with Gasteiger partial charge in [0.15, 0.2) is 0 Å². The third-order valence-corrected chi connectivity index (χ3v) is 3.23. The summed E-state index contributed by atoms with van der Waals surface area (Å²) in [5.41, 5.74) is 0.484. The quantitative estimate of drug-likeness (QED) is 0.758. The molecule has 1 aliphatic carbocycles. The summed E-state index contributed by atoms with van der Waals surface area (Å²) in [6, 6.07) is 1.40. The van der Waals surface area contributed by atoms with Gasteiger partial charge in [-0.25, -0.2) is 0 Å². The van der Waals surface area contributed by atoms with Gasteiger partial charge in [-0.05, 0) is 18.9 Å². The molecule has 0 bridgehead atoms. The average Bonchev–Trinajstić information content (AvgIpc) is 2.87. The highest BCUT2D eigenvalue weighted by Crippen LogP contribution is 2.22. The maximum absolute atomic E-state index is 11.9. The van der Waals surface area contributed by atoms with E-state index in [1.54, 1.807) is 26.4 Å². The van der Waals surface area contributed by atoms with Crippen LogP contribution in [0, 0.1) is 0 Å². The molecule has 6 heteroatoms. The number of nitrogens with zero attached hydrogens (tertiary/aromatic N) is 2. The number of hydrogen-bond acceptors (Lipinski definition) is 4. The van der Waals surface area contributed by atoms with Gasteiger partial charge in [0.05, 0.1) is 12.1 Å². The zero-order valence-electron chi connectivity index (χ0n) is 9.96. The molecule has 3 atom stereocenters. The summed E-state index contributed by atoms with van der Waals surface area (Å²) in [6.45, 7) is 0. The molecule has 0 aliphatic heterocycles. The van der Waals surface area contributed by atoms with Crippen LogP contribution in [0.2, 0.25) is 0 Å². The minimum atomic E-state index is -0.642. The largest absolute Gasteiger partial charge is 0.388 e. The molecule has 1 heterocycles. The number of carbonyl (C=O) groups excluding carboxylic acids is 1. The maximum atomic E-state index is 11.9. The van der Waals surface area contributed by atoms with Crippen molar-refractivity contribution < 1.29 is 14.6 Å². The van der Waals surface area contributed by atoms with Crippen molar-refractivity contribution in [3.63, 3.8) is 0 Å². The summed E-state index contributed by atoms with van der Waals surface area (Å²) in [7, 11) is 3.27. The lowest BCUT2D eigenvalue weighted by Crippen LogP contribution is -2.43. The van der Waals surface area contributed by atoms with E-state index in [9.17, 15) is 9.90 Å². The number of aromatic nitrogens is 2. The Hall–Kier alpha value is -1.40. The van der Waals surface area contributed by atoms with Crippen molar-refractivity contribution in [2.75, 3.05) is 7.11 Å². The molecule has 94 valence electrons. The number of ether oxygens (including phenoxy) is 1. The summed E-state index contributed by atoms with van der Waals surface area (Å²) in [6.07, 6.45) is 2.22. The average molecular weight is 239 g/mol. The van der Waals surface area contributed by atoms with Crippen LogP contribution in [-0.2, 0) is 11.8 Å². The monoisotopic (exact) mass is 239 g/mol. The minimum Gasteiger partial charge on any atom is -0.388 e. The van der Waals surface area contributed by atoms with Crippen molar-refractivity contribution in [1.82, 2.24) is 15.1 Å². The fourth-order valence-corrected chi connectivity index (χ4v) is 2.20. The zero-order valence-corrected chi connectivity index (χ0v) is 9.96. The molecule has 0 spiro atoms. The van der Waals surface area contributed by atoms with Gasteiger partial charge in [0.25, 0.3) is 5.91 Å². The molecule has 0 unspecified atom stereocenters. The van der Waals surface area contributed by atoms with Crippen LogP contribution in [-0.4, -0.2) is 46.2 Å². The number of amides is 1. The first kappa shape index (κ1) is 12.1. The van der Waals surface area contributed by atoms with Crippen molar-refractivity contribution >= 4 is 5.91 Å². The van der Waals surface area contributed by atoms with Crippen LogP contribution in [0.25, 0.3) is 0 Å². The number of methoxy groups -OCH3 is 1. The molecule has 2 N–H and O–H groups in total. The lowest BCUT2D eigenvalue weighted by atomic mass is 10.2. The SMILES string of the molecule is CO[C@@H]1CC[C@@H](NC(=O)c2ccnn2C)[C@H]1O. The second kappa shape index (κ2) is 4.85. The molecular weight excluding hydrogens is 222 g/mol. The molecule has 6 nitrogen and oxygen atoms in total. The normalized spacial score (nSPS) is 28.3. The summed E-state index contributed by atoms with van der Waals surface area (Å²) in [5.74, 6) is -0.217. The number of aryl methyl sites for hydroxylation is 1. The fourth-order valence-electron chi connectivity index (χ4n) is 2.20. The van der Waals surface area contributed by atoms with Crippen LogP contribution in [0.3, 0.4) is 0 Å². The van der Waals surface area contributed by atoms with Crippen LogP contribution in [0.4, 0.5) is 0 Å². The smallest absolute Gasteiger partial charge is 0.269 e. The number of aliphatic hydroxyl groups excluding tert-OH is 1. The van der Waals surface area contributed by atoms with E-state index in [1.165, 1.54) is 4.68 Å². The predicted molar refractivity (Wildman–Crippen MR) is 60.5 cm³/mol. The Kier molecular flexibility index (Phi) is 3.44. The molecule has 1 aromatic heterocycles. The van der Waals surface area contributed by atoms with Crippen LogP contribution in [0.1, 0.15) is 23.3 Å². The Morgan fingerprint density at radius 1 is 1.65 bits per heavy atom. The summed E-state index contributed by atoms with van der Waals surface area (Å²) in [4.78, 5) is 11.9. The van der Waals surface area contributed by atoms with E-state index >= 15 is 0 Å². The molecule has 0 saturated heterocycles. The molecule has 1 fully saturated rings. The van der Waals surface area contributed by atoms with E-state index < -0.39 is 6.10 Å². The molecule has 0 radical (unpaired) electrons. The second-order valence-corrected chi connectivity index (χ2v) is 4.26. The van der Waals surface area contributed by atoms with Crippen molar-refractivity contribution in [3.8, 4) is 0 Å². The first-order valence-corrected chi connectivity index (χ1v) is 5.63. The summed E-state index contributed by atoms with van der Waals surface area (Å²) < 4.78 is 6.64. The van der Waals surface area contributed by atoms with Crippen molar-refractivity contribution in [2.45, 2.75) is 31.1 Å². The number of carbonyl (C=O) groups is 1. The van der Waals surface area contributed by atoms with E-state index in [2.05, 4.69) is 10.4 Å². The van der Waals surface area contributed by atoms with E-state index in [0.29, 0.717) is 5.69 Å². The Morgan fingerprint density at radius 2 is 2.41 bits per heavy atom. The van der Waals surface area contributed by atoms with Gasteiger partial charge in [0, 0.05) is 20.4 Å². The summed E-state index contributed by atoms with van der Waals surface area (Å²) in [5, 5.41) is 16.6. The van der Waals surface area contributed by atoms with Gasteiger partial charge in [-0.2, -0.15) is 5.10 Å². The molecule has 1 aromatic rings. The molecule has 1 aliphatic rings. The van der Waals surface area contributed by atoms with Gasteiger partial charge >= 0.3 is 0 Å². The molecule has 1 amide bonds. The van der Waals surface area contributed by atoms with Gasteiger partial charge in [-0.3, -0.25) is 9.48 Å². The highest BCUT2D eigenvalue weighted by atomic mass is 16.5. The highest BCUT2D eigenvalue weighted by molar-refractivity contribution is 5.92. The van der Waals surface area contributed by atoms with E-state index in [4.69, 9.17) is 4.74 Å². The van der Waals surface area contributed by atoms with Crippen LogP contribution >= 0.6 is 0 Å². The fraction of sp³-hybridized carbons (Fsp3) is 0.636. The number of aliphatic hydroxyl groups is 1. The number of rotatable bonds is 3. The molecular formula is C11H17N3O3. The second-order valence-electron chi connectivity index (χ2n) is 4.26. The summed E-state index contributed by atoms with van der Waals surface area (Å²) >= 11 is 0. The first-order valence-electron chi connectivity index (χ1n) is 5.63. The van der Waals surface area contributed by atoms with Gasteiger partial charge in [-0.1, -0.05) is 0 Å². The zero-order chi connectivity index (χ0) is 12.4. The topological polar surface area (TPSA) is 76.4 Å². The van der Waals surface area contributed by atoms with Crippen molar-refractivity contribution in [3.05, 3.63) is 18.0 Å².